The van der Waals surface area contributed by atoms with Crippen LogP contribution in [0.1, 0.15) is 33.1 Å². The minimum Gasteiger partial charge on any atom is -0.480 e. The highest BCUT2D eigenvalue weighted by atomic mass is 32.2. The van der Waals surface area contributed by atoms with Gasteiger partial charge < -0.3 is 19.7 Å². The second-order valence-corrected chi connectivity index (χ2v) is 8.23. The van der Waals surface area contributed by atoms with E-state index in [1.165, 1.54) is 0 Å². The molecule has 0 unspecified atom stereocenters. The number of rotatable bonds is 4. The summed E-state index contributed by atoms with van der Waals surface area (Å²) in [5, 5.41) is 9.57. The fourth-order valence-electron chi connectivity index (χ4n) is 3.31. The van der Waals surface area contributed by atoms with Crippen molar-refractivity contribution >= 4 is 40.7 Å². The molecular weight excluding hydrogens is 320 g/mol. The number of hydrogen-bond acceptors (Lipinski definition) is 5. The zero-order valence-corrected chi connectivity index (χ0v) is 15.0. The number of hydrogen-bond donors (Lipinski definition) is 1. The van der Waals surface area contributed by atoms with E-state index in [9.17, 15) is 14.7 Å². The molecule has 124 valence electrons. The summed E-state index contributed by atoms with van der Waals surface area (Å²) >= 11 is 7.34. The molecule has 0 aromatic carbocycles. The number of ketones is 1. The van der Waals surface area contributed by atoms with Crippen molar-refractivity contribution in [1.82, 2.24) is 9.80 Å². The molecule has 2 saturated heterocycles. The molecule has 1 spiro atoms. The van der Waals surface area contributed by atoms with E-state index in [0.717, 1.165) is 25.9 Å². The number of thioether (sulfide) groups is 1. The molecule has 0 aliphatic carbocycles. The zero-order chi connectivity index (χ0) is 16.5. The van der Waals surface area contributed by atoms with Gasteiger partial charge in [0.05, 0.1) is 9.86 Å². The third-order valence-electron chi connectivity index (χ3n) is 4.57. The normalized spacial score (nSPS) is 26.1. The third-order valence-corrected chi connectivity index (χ3v) is 6.79. The first kappa shape index (κ1) is 17.7. The van der Waals surface area contributed by atoms with Gasteiger partial charge in [0.15, 0.2) is 0 Å². The second-order valence-electron chi connectivity index (χ2n) is 6.43. The number of nitrogens with zero attached hydrogens (tertiary/aromatic N) is 2. The van der Waals surface area contributed by atoms with Crippen molar-refractivity contribution in [2.45, 2.75) is 44.0 Å². The Kier molecular flexibility index (Phi) is 5.50. The first-order valence-electron chi connectivity index (χ1n) is 7.65. The molecule has 5 nitrogen and oxygen atoms in total. The number of aliphatic carboxylic acids is 1. The molecule has 0 bridgehead atoms. The largest absolute Gasteiger partial charge is 0.480 e. The highest BCUT2D eigenvalue weighted by Gasteiger charge is 2.52. The molecule has 2 fully saturated rings. The van der Waals surface area contributed by atoms with Gasteiger partial charge in [0.1, 0.15) is 11.8 Å². The van der Waals surface area contributed by atoms with E-state index in [1.807, 2.05) is 11.8 Å². The predicted octanol–water partition coefficient (Wildman–Crippen LogP) is 1.85. The lowest BCUT2D eigenvalue weighted by molar-refractivity contribution is -0.141. The van der Waals surface area contributed by atoms with Crippen LogP contribution < -0.4 is 0 Å². The lowest BCUT2D eigenvalue weighted by Gasteiger charge is -2.46. The number of Topliss-reactive ketones (excluding diaryl/α,β-unsaturated/α-hetero) is 1. The van der Waals surface area contributed by atoms with Gasteiger partial charge in [-0.2, -0.15) is 0 Å². The molecule has 2 aliphatic heterocycles. The van der Waals surface area contributed by atoms with Crippen molar-refractivity contribution < 1.29 is 14.7 Å². The fraction of sp³-hybridized carbons (Fsp3) is 0.800. The highest BCUT2D eigenvalue weighted by molar-refractivity contribution is 8.01. The van der Waals surface area contributed by atoms with Crippen LogP contribution in [0.2, 0.25) is 0 Å². The molecule has 1 N–H and O–H groups in total. The van der Waals surface area contributed by atoms with Crippen LogP contribution in [-0.2, 0) is 9.59 Å². The smallest absolute Gasteiger partial charge is 0.327 e. The Balaban J connectivity index is 2.25. The van der Waals surface area contributed by atoms with Crippen LogP contribution in [0.5, 0.6) is 0 Å². The first-order chi connectivity index (χ1) is 10.3. The molecule has 2 heterocycles. The van der Waals surface area contributed by atoms with Crippen molar-refractivity contribution in [3.63, 3.8) is 0 Å². The first-order valence-corrected chi connectivity index (χ1v) is 9.04. The molecule has 2 rings (SSSR count). The Hall–Kier alpha value is -0.660. The highest BCUT2D eigenvalue weighted by Crippen LogP contribution is 2.47. The summed E-state index contributed by atoms with van der Waals surface area (Å²) in [5.74, 6) is -0.261. The topological polar surface area (TPSA) is 60.9 Å². The average Bonchev–Trinajstić information content (AvgIpc) is 2.80. The van der Waals surface area contributed by atoms with Gasteiger partial charge in [0, 0.05) is 31.2 Å². The van der Waals surface area contributed by atoms with Gasteiger partial charge in [0.25, 0.3) is 0 Å². The quantitative estimate of drug-likeness (QED) is 0.781. The van der Waals surface area contributed by atoms with Crippen LogP contribution in [-0.4, -0.2) is 68.5 Å². The van der Waals surface area contributed by atoms with Gasteiger partial charge in [-0.1, -0.05) is 19.1 Å². The lowest BCUT2D eigenvalue weighted by atomic mass is 9.97. The van der Waals surface area contributed by atoms with E-state index >= 15 is 0 Å². The summed E-state index contributed by atoms with van der Waals surface area (Å²) in [6.07, 6.45) is 2.19. The summed E-state index contributed by atoms with van der Waals surface area (Å²) in [6.45, 7) is 5.37. The molecule has 2 aliphatic rings. The van der Waals surface area contributed by atoms with E-state index in [1.54, 1.807) is 18.7 Å². The Bertz CT molecular complexity index is 475. The summed E-state index contributed by atoms with van der Waals surface area (Å²) < 4.78 is 0. The van der Waals surface area contributed by atoms with E-state index in [0.29, 0.717) is 17.2 Å². The van der Waals surface area contributed by atoms with Gasteiger partial charge in [-0.25, -0.2) is 4.79 Å². The Morgan fingerprint density at radius 3 is 2.50 bits per heavy atom. The molecule has 0 aromatic rings. The van der Waals surface area contributed by atoms with Crippen molar-refractivity contribution in [1.29, 1.82) is 0 Å². The monoisotopic (exact) mass is 344 g/mol. The van der Waals surface area contributed by atoms with Gasteiger partial charge in [0.2, 0.25) is 0 Å². The standard InChI is InChI=1S/C15H24N2O3S2/c1-10(8-11(2)18)13(21)17-12(14(19)20)9-22-15(17)4-6-16(3)7-5-15/h10,12H,4-9H2,1-3H3,(H,19,20)/t10-,12-/m0/s1. The number of carboxylic acid groups (broad SMARTS) is 1. The summed E-state index contributed by atoms with van der Waals surface area (Å²) in [6, 6.07) is -0.574. The number of piperidine rings is 1. The molecular formula is C15H24N2O3S2. The number of thiocarbonyl (C=S) groups is 1. The van der Waals surface area contributed by atoms with Crippen LogP contribution >= 0.6 is 24.0 Å². The molecule has 0 radical (unpaired) electrons. The van der Waals surface area contributed by atoms with E-state index < -0.39 is 12.0 Å². The van der Waals surface area contributed by atoms with Crippen LogP contribution in [0.3, 0.4) is 0 Å². The van der Waals surface area contributed by atoms with E-state index in [4.69, 9.17) is 12.2 Å². The minimum atomic E-state index is -0.819. The fourth-order valence-corrected chi connectivity index (χ4v) is 5.35. The zero-order valence-electron chi connectivity index (χ0n) is 13.4. The Morgan fingerprint density at radius 2 is 2.00 bits per heavy atom. The maximum atomic E-state index is 11.7. The van der Waals surface area contributed by atoms with Crippen LogP contribution in [0.25, 0.3) is 0 Å². The summed E-state index contributed by atoms with van der Waals surface area (Å²) in [5.41, 5.74) is 0. The maximum absolute atomic E-state index is 11.7. The van der Waals surface area contributed by atoms with Gasteiger partial charge >= 0.3 is 5.97 Å². The van der Waals surface area contributed by atoms with E-state index in [-0.39, 0.29) is 16.6 Å². The molecule has 7 heteroatoms. The van der Waals surface area contributed by atoms with Crippen LogP contribution in [0.4, 0.5) is 0 Å². The molecule has 2 atom stereocenters. The Labute approximate surface area is 141 Å². The minimum absolute atomic E-state index is 0.0889. The number of carbonyl (C=O) groups is 2. The number of carboxylic acids is 1. The molecule has 0 amide bonds. The third kappa shape index (κ3) is 3.46. The Morgan fingerprint density at radius 1 is 1.41 bits per heavy atom. The van der Waals surface area contributed by atoms with Gasteiger partial charge in [-0.05, 0) is 26.8 Å². The van der Waals surface area contributed by atoms with Crippen LogP contribution in [0.15, 0.2) is 0 Å². The van der Waals surface area contributed by atoms with Gasteiger partial charge in [-0.15, -0.1) is 11.8 Å². The van der Waals surface area contributed by atoms with Gasteiger partial charge in [-0.3, -0.25) is 0 Å². The van der Waals surface area contributed by atoms with Crippen molar-refractivity contribution in [2.24, 2.45) is 5.92 Å². The summed E-state index contributed by atoms with van der Waals surface area (Å²) in [7, 11) is 2.09. The molecule has 22 heavy (non-hydrogen) atoms. The second kappa shape index (κ2) is 6.84. The molecule has 0 saturated carbocycles. The van der Waals surface area contributed by atoms with E-state index in [2.05, 4.69) is 11.9 Å². The number of likely N-dealkylation sites (tertiary alicyclic amines) is 1. The maximum Gasteiger partial charge on any atom is 0.327 e. The average molecular weight is 345 g/mol. The predicted molar refractivity (Wildman–Crippen MR) is 92.2 cm³/mol. The molecule has 0 aromatic heterocycles. The van der Waals surface area contributed by atoms with Crippen LogP contribution in [0, 0.1) is 5.92 Å². The lowest BCUT2D eigenvalue weighted by Crippen LogP contribution is -2.57. The van der Waals surface area contributed by atoms with Crippen molar-refractivity contribution in [3.8, 4) is 0 Å². The van der Waals surface area contributed by atoms with Crippen molar-refractivity contribution in [3.05, 3.63) is 0 Å². The number of carbonyl (C=O) groups excluding carboxylic acids is 1. The summed E-state index contributed by atoms with van der Waals surface area (Å²) in [4.78, 5) is 27.7. The SMILES string of the molecule is CC(=O)C[C@H](C)C(=S)N1[C@H](C(=O)O)CSC12CCN(C)CC2. The van der Waals surface area contributed by atoms with Crippen molar-refractivity contribution in [2.75, 3.05) is 25.9 Å².